The molecular formula is C25H28N6O4S. The van der Waals surface area contributed by atoms with E-state index < -0.39 is 6.04 Å². The Hall–Kier alpha value is -3.73. The van der Waals surface area contributed by atoms with Crippen molar-refractivity contribution in [3.05, 3.63) is 64.4 Å². The molecule has 11 heteroatoms. The van der Waals surface area contributed by atoms with Crippen LogP contribution < -0.4 is 5.32 Å². The average molecular weight is 509 g/mol. The van der Waals surface area contributed by atoms with Gasteiger partial charge in [0.1, 0.15) is 24.1 Å². The van der Waals surface area contributed by atoms with Crippen LogP contribution in [0.25, 0.3) is 11.6 Å². The van der Waals surface area contributed by atoms with Crippen LogP contribution in [0.15, 0.2) is 56.9 Å². The van der Waals surface area contributed by atoms with Gasteiger partial charge in [0.05, 0.1) is 12.8 Å². The molecule has 4 aromatic heterocycles. The molecule has 1 aliphatic carbocycles. The smallest absolute Gasteiger partial charge is 0.248 e. The summed E-state index contributed by atoms with van der Waals surface area (Å²) >= 11 is 1.44. The molecule has 0 aromatic carbocycles. The van der Waals surface area contributed by atoms with Crippen LogP contribution in [0, 0.1) is 6.92 Å². The molecule has 5 rings (SSSR count). The molecule has 1 fully saturated rings. The zero-order valence-electron chi connectivity index (χ0n) is 20.0. The molecule has 0 aliphatic heterocycles. The maximum absolute atomic E-state index is 13.7. The van der Waals surface area contributed by atoms with Crippen LogP contribution in [0.4, 0.5) is 0 Å². The zero-order chi connectivity index (χ0) is 24.9. The van der Waals surface area contributed by atoms with E-state index in [1.54, 1.807) is 24.5 Å². The standard InChI is InChI=1S/C25H28N6O4S/c1-17-11-12-20(35-17)24-27-29-31(28-24)16-22(32)30(15-19-9-5-13-34-19)23(21-10-6-14-36-21)25(33)26-18-7-3-2-4-8-18/h5-6,9-14,18,23H,2-4,7-8,15-16H2,1H3,(H,26,33). The second-order valence-electron chi connectivity index (χ2n) is 8.92. The van der Waals surface area contributed by atoms with E-state index in [0.29, 0.717) is 17.3 Å². The molecule has 4 heterocycles. The van der Waals surface area contributed by atoms with Gasteiger partial charge in [0, 0.05) is 10.9 Å². The Kier molecular flexibility index (Phi) is 7.26. The van der Waals surface area contributed by atoms with Gasteiger partial charge in [0.2, 0.25) is 17.6 Å². The number of carbonyl (C=O) groups excluding carboxylic acids is 2. The molecular weight excluding hydrogens is 480 g/mol. The highest BCUT2D eigenvalue weighted by Crippen LogP contribution is 2.29. The Morgan fingerprint density at radius 3 is 2.75 bits per heavy atom. The molecule has 1 N–H and O–H groups in total. The second kappa shape index (κ2) is 10.9. The first-order valence-corrected chi connectivity index (χ1v) is 12.9. The molecule has 1 unspecified atom stereocenters. The van der Waals surface area contributed by atoms with Gasteiger partial charge in [-0.05, 0) is 60.7 Å². The first-order chi connectivity index (χ1) is 17.6. The van der Waals surface area contributed by atoms with Gasteiger partial charge in [0.15, 0.2) is 5.76 Å². The second-order valence-corrected chi connectivity index (χ2v) is 9.90. The minimum Gasteiger partial charge on any atom is -0.467 e. The average Bonchev–Trinajstić information content (AvgIpc) is 3.68. The van der Waals surface area contributed by atoms with Crippen LogP contribution in [0.5, 0.6) is 0 Å². The number of rotatable bonds is 9. The van der Waals surface area contributed by atoms with Crippen LogP contribution >= 0.6 is 11.3 Å². The molecule has 0 radical (unpaired) electrons. The Balaban J connectivity index is 1.40. The first kappa shape index (κ1) is 24.0. The van der Waals surface area contributed by atoms with Crippen LogP contribution in [-0.4, -0.2) is 43.0 Å². The van der Waals surface area contributed by atoms with E-state index in [0.717, 1.165) is 36.3 Å². The Morgan fingerprint density at radius 1 is 1.19 bits per heavy atom. The molecule has 2 amide bonds. The number of hydrogen-bond acceptors (Lipinski definition) is 8. The van der Waals surface area contributed by atoms with E-state index in [4.69, 9.17) is 8.83 Å². The molecule has 36 heavy (non-hydrogen) atoms. The van der Waals surface area contributed by atoms with Crippen LogP contribution in [0.2, 0.25) is 0 Å². The molecule has 1 saturated carbocycles. The van der Waals surface area contributed by atoms with Gasteiger partial charge >= 0.3 is 0 Å². The lowest BCUT2D eigenvalue weighted by molar-refractivity contribution is -0.143. The van der Waals surface area contributed by atoms with E-state index in [-0.39, 0.29) is 30.9 Å². The van der Waals surface area contributed by atoms with E-state index in [9.17, 15) is 9.59 Å². The summed E-state index contributed by atoms with van der Waals surface area (Å²) in [6.45, 7) is 1.77. The molecule has 0 spiro atoms. The van der Waals surface area contributed by atoms with E-state index >= 15 is 0 Å². The number of amides is 2. The molecule has 0 saturated heterocycles. The number of nitrogens with zero attached hydrogens (tertiary/aromatic N) is 5. The fourth-order valence-electron chi connectivity index (χ4n) is 4.47. The lowest BCUT2D eigenvalue weighted by Gasteiger charge is -2.32. The molecule has 10 nitrogen and oxygen atoms in total. The monoisotopic (exact) mass is 508 g/mol. The van der Waals surface area contributed by atoms with Gasteiger partial charge in [-0.15, -0.1) is 21.5 Å². The maximum atomic E-state index is 13.7. The number of aromatic nitrogens is 4. The minimum atomic E-state index is -0.805. The van der Waals surface area contributed by atoms with Crippen molar-refractivity contribution < 1.29 is 18.4 Å². The molecule has 1 atom stereocenters. The summed E-state index contributed by atoms with van der Waals surface area (Å²) in [5.41, 5.74) is 0. The molecule has 0 bridgehead atoms. The number of carbonyl (C=O) groups is 2. The number of tetrazole rings is 1. The number of furan rings is 2. The summed E-state index contributed by atoms with van der Waals surface area (Å²) in [5.74, 6) is 1.55. The van der Waals surface area contributed by atoms with Crippen molar-refractivity contribution in [2.75, 3.05) is 0 Å². The summed E-state index contributed by atoms with van der Waals surface area (Å²) in [6, 6.07) is 10.2. The molecule has 4 aromatic rings. The summed E-state index contributed by atoms with van der Waals surface area (Å²) in [4.78, 5) is 30.8. The Bertz CT molecular complexity index is 1270. The summed E-state index contributed by atoms with van der Waals surface area (Å²) in [7, 11) is 0. The fourth-order valence-corrected chi connectivity index (χ4v) is 5.30. The van der Waals surface area contributed by atoms with Gasteiger partial charge in [-0.1, -0.05) is 25.3 Å². The van der Waals surface area contributed by atoms with Gasteiger partial charge in [0.25, 0.3) is 0 Å². The summed E-state index contributed by atoms with van der Waals surface area (Å²) in [5, 5.41) is 17.5. The van der Waals surface area contributed by atoms with Crippen molar-refractivity contribution in [3.8, 4) is 11.6 Å². The van der Waals surface area contributed by atoms with Crippen LogP contribution in [-0.2, 0) is 22.7 Å². The topological polar surface area (TPSA) is 119 Å². The van der Waals surface area contributed by atoms with Gasteiger partial charge in [-0.25, -0.2) is 0 Å². The van der Waals surface area contributed by atoms with Crippen molar-refractivity contribution in [1.29, 1.82) is 0 Å². The third kappa shape index (κ3) is 5.56. The molecule has 1 aliphatic rings. The number of nitrogens with one attached hydrogen (secondary N) is 1. The van der Waals surface area contributed by atoms with Crippen LogP contribution in [0.1, 0.15) is 54.5 Å². The van der Waals surface area contributed by atoms with Crippen molar-refractivity contribution in [1.82, 2.24) is 30.4 Å². The Labute approximate surface area is 212 Å². The first-order valence-electron chi connectivity index (χ1n) is 12.1. The Morgan fingerprint density at radius 2 is 2.06 bits per heavy atom. The number of aryl methyl sites for hydroxylation is 1. The summed E-state index contributed by atoms with van der Waals surface area (Å²) in [6.07, 6.45) is 6.84. The third-order valence-corrected chi connectivity index (χ3v) is 7.17. The highest BCUT2D eigenvalue weighted by Gasteiger charge is 2.34. The SMILES string of the molecule is Cc1ccc(-c2nnn(CC(=O)N(Cc3ccco3)C(C(=O)NC3CCCCC3)c3cccs3)n2)o1. The number of thiophene rings is 1. The largest absolute Gasteiger partial charge is 0.467 e. The van der Waals surface area contributed by atoms with Crippen LogP contribution in [0.3, 0.4) is 0 Å². The lowest BCUT2D eigenvalue weighted by atomic mass is 9.95. The highest BCUT2D eigenvalue weighted by atomic mass is 32.1. The highest BCUT2D eigenvalue weighted by molar-refractivity contribution is 7.10. The van der Waals surface area contributed by atoms with E-state index in [2.05, 4.69) is 20.7 Å². The predicted molar refractivity (Wildman–Crippen MR) is 132 cm³/mol. The minimum absolute atomic E-state index is 0.116. The van der Waals surface area contributed by atoms with Gasteiger partial charge in [-0.3, -0.25) is 9.59 Å². The van der Waals surface area contributed by atoms with E-state index in [1.807, 2.05) is 30.5 Å². The number of hydrogen-bond donors (Lipinski definition) is 1. The van der Waals surface area contributed by atoms with Gasteiger partial charge in [-0.2, -0.15) is 4.80 Å². The van der Waals surface area contributed by atoms with Crippen molar-refractivity contribution in [2.45, 2.75) is 64.2 Å². The normalized spacial score (nSPS) is 15.0. The zero-order valence-corrected chi connectivity index (χ0v) is 20.8. The fraction of sp³-hybridized carbons (Fsp3) is 0.400. The lowest BCUT2D eigenvalue weighted by Crippen LogP contribution is -2.47. The van der Waals surface area contributed by atoms with E-state index in [1.165, 1.54) is 27.5 Å². The van der Waals surface area contributed by atoms with Crippen molar-refractivity contribution in [2.24, 2.45) is 0 Å². The quantitative estimate of drug-likeness (QED) is 0.361. The summed E-state index contributed by atoms with van der Waals surface area (Å²) < 4.78 is 11.1. The molecule has 188 valence electrons. The maximum Gasteiger partial charge on any atom is 0.248 e. The predicted octanol–water partition coefficient (Wildman–Crippen LogP) is 4.12. The third-order valence-electron chi connectivity index (χ3n) is 6.24. The van der Waals surface area contributed by atoms with Crippen molar-refractivity contribution >= 4 is 23.2 Å². The van der Waals surface area contributed by atoms with Gasteiger partial charge < -0.3 is 19.1 Å². The van der Waals surface area contributed by atoms with Crippen molar-refractivity contribution in [3.63, 3.8) is 0 Å².